The summed E-state index contributed by atoms with van der Waals surface area (Å²) in [7, 11) is 0. The molecule has 5 heteroatoms. The van der Waals surface area contributed by atoms with Crippen LogP contribution in [0.1, 0.15) is 187 Å². The summed E-state index contributed by atoms with van der Waals surface area (Å²) in [4.78, 5) is 21.9. The summed E-state index contributed by atoms with van der Waals surface area (Å²) in [5.74, 6) is -1.37. The fraction of sp³-hybridized carbons (Fsp3) is 0.800. The number of hydrogen-bond donors (Lipinski definition) is 1. The summed E-state index contributed by atoms with van der Waals surface area (Å²) >= 11 is 0. The average molecular weight is 633 g/mol. The molecule has 0 amide bonds. The van der Waals surface area contributed by atoms with Gasteiger partial charge in [0.25, 0.3) is 0 Å². The number of ether oxygens (including phenoxy) is 2. The van der Waals surface area contributed by atoms with E-state index in [0.717, 1.165) is 45.1 Å². The van der Waals surface area contributed by atoms with Crippen LogP contribution >= 0.6 is 0 Å². The van der Waals surface area contributed by atoms with Crippen LogP contribution in [0.5, 0.6) is 0 Å². The Morgan fingerprint density at radius 1 is 0.556 bits per heavy atom. The van der Waals surface area contributed by atoms with Gasteiger partial charge >= 0.3 is 11.9 Å². The molecule has 0 spiro atoms. The van der Waals surface area contributed by atoms with Crippen LogP contribution in [0.15, 0.2) is 36.5 Å². The molecule has 0 aromatic heterocycles. The molecule has 0 aromatic carbocycles. The number of esters is 1. The Balaban J connectivity index is 3.80. The summed E-state index contributed by atoms with van der Waals surface area (Å²) in [6, 6.07) is 0. The second-order valence-electron chi connectivity index (χ2n) is 12.7. The van der Waals surface area contributed by atoms with Gasteiger partial charge in [-0.25, -0.2) is 0 Å². The molecular weight excluding hydrogens is 560 g/mol. The maximum atomic E-state index is 11.4. The van der Waals surface area contributed by atoms with Gasteiger partial charge in [0.2, 0.25) is 0 Å². The summed E-state index contributed by atoms with van der Waals surface area (Å²) < 4.78 is 11.4. The third-order valence-corrected chi connectivity index (χ3v) is 8.21. The highest BCUT2D eigenvalue weighted by atomic mass is 16.5. The molecule has 0 bridgehead atoms. The average Bonchev–Trinajstić information content (AvgIpc) is 3.03. The van der Waals surface area contributed by atoms with Gasteiger partial charge in [-0.2, -0.15) is 0 Å². The molecule has 0 rings (SSSR count). The van der Waals surface area contributed by atoms with Gasteiger partial charge in [-0.1, -0.05) is 140 Å². The molecule has 1 atom stereocenters. The zero-order valence-electron chi connectivity index (χ0n) is 29.6. The van der Waals surface area contributed by atoms with Crippen molar-refractivity contribution in [3.63, 3.8) is 0 Å². The first-order valence-corrected chi connectivity index (χ1v) is 19.0. The lowest BCUT2D eigenvalue weighted by Crippen LogP contribution is -2.13. The zero-order valence-corrected chi connectivity index (χ0v) is 29.6. The van der Waals surface area contributed by atoms with Crippen molar-refractivity contribution in [1.82, 2.24) is 0 Å². The molecule has 0 aliphatic carbocycles. The number of allylic oxidation sites excluding steroid dienone is 5. The molecule has 0 aliphatic heterocycles. The molecular formula is C40H72O5. The predicted octanol–water partition coefficient (Wildman–Crippen LogP) is 12.2. The number of rotatable bonds is 35. The molecule has 262 valence electrons. The predicted molar refractivity (Wildman–Crippen MR) is 192 cm³/mol. The number of carbonyl (C=O) groups is 2. The number of carboxylic acids is 1. The molecule has 1 N–H and O–H groups in total. The second kappa shape index (κ2) is 36.6. The Hall–Kier alpha value is -1.88. The number of unbranched alkanes of at least 4 members (excludes halogenated alkanes) is 18. The van der Waals surface area contributed by atoms with Crippen LogP contribution in [0.25, 0.3) is 0 Å². The summed E-state index contributed by atoms with van der Waals surface area (Å²) in [5, 5.41) is 8.59. The number of hydrogen-bond acceptors (Lipinski definition) is 4. The molecule has 0 radical (unpaired) electrons. The van der Waals surface area contributed by atoms with Crippen molar-refractivity contribution in [2.45, 2.75) is 193 Å². The molecule has 0 aliphatic rings. The SMILES string of the molecule is CCCCC/C=C\C/C=C\CCCCCCCCO[C@@H](C/C=C\CCCCCCCCOC(=O)CCC(=O)O)CCCCCC. The summed E-state index contributed by atoms with van der Waals surface area (Å²) in [6.07, 6.45) is 44.8. The third kappa shape index (κ3) is 36.5. The van der Waals surface area contributed by atoms with E-state index in [1.165, 1.54) is 122 Å². The Morgan fingerprint density at radius 3 is 1.64 bits per heavy atom. The minimum absolute atomic E-state index is 0.0364. The Kier molecular flexibility index (Phi) is 35.1. The first kappa shape index (κ1) is 43.1. The van der Waals surface area contributed by atoms with Gasteiger partial charge in [-0.3, -0.25) is 9.59 Å². The number of carbonyl (C=O) groups excluding carboxylic acids is 1. The highest BCUT2D eigenvalue weighted by molar-refractivity contribution is 5.76. The normalized spacial score (nSPS) is 12.6. The van der Waals surface area contributed by atoms with E-state index in [1.54, 1.807) is 0 Å². The van der Waals surface area contributed by atoms with Crippen LogP contribution in [0.4, 0.5) is 0 Å². The topological polar surface area (TPSA) is 72.8 Å². The van der Waals surface area contributed by atoms with Gasteiger partial charge in [-0.15, -0.1) is 0 Å². The van der Waals surface area contributed by atoms with E-state index in [9.17, 15) is 9.59 Å². The lowest BCUT2D eigenvalue weighted by molar-refractivity contribution is -0.147. The van der Waals surface area contributed by atoms with Crippen LogP contribution in [0.3, 0.4) is 0 Å². The van der Waals surface area contributed by atoms with E-state index in [0.29, 0.717) is 12.7 Å². The van der Waals surface area contributed by atoms with E-state index in [4.69, 9.17) is 14.6 Å². The minimum atomic E-state index is -0.962. The second-order valence-corrected chi connectivity index (χ2v) is 12.7. The molecule has 45 heavy (non-hydrogen) atoms. The Labute approximate surface area is 278 Å². The monoisotopic (exact) mass is 633 g/mol. The van der Waals surface area contributed by atoms with Gasteiger partial charge in [0.05, 0.1) is 25.6 Å². The first-order valence-electron chi connectivity index (χ1n) is 19.0. The maximum Gasteiger partial charge on any atom is 0.306 e. The molecule has 0 saturated carbocycles. The molecule has 5 nitrogen and oxygen atoms in total. The van der Waals surface area contributed by atoms with Gasteiger partial charge in [0.1, 0.15) is 0 Å². The van der Waals surface area contributed by atoms with E-state index in [-0.39, 0.29) is 12.8 Å². The third-order valence-electron chi connectivity index (χ3n) is 8.21. The fourth-order valence-electron chi connectivity index (χ4n) is 5.31. The van der Waals surface area contributed by atoms with Crippen molar-refractivity contribution >= 4 is 11.9 Å². The van der Waals surface area contributed by atoms with Crippen molar-refractivity contribution in [3.8, 4) is 0 Å². The van der Waals surface area contributed by atoms with Gasteiger partial charge in [0, 0.05) is 6.61 Å². The number of aliphatic carboxylic acids is 1. The van der Waals surface area contributed by atoms with Crippen molar-refractivity contribution in [3.05, 3.63) is 36.5 Å². The highest BCUT2D eigenvalue weighted by Crippen LogP contribution is 2.15. The van der Waals surface area contributed by atoms with Crippen LogP contribution < -0.4 is 0 Å². The quantitative estimate of drug-likeness (QED) is 0.0427. The summed E-state index contributed by atoms with van der Waals surface area (Å²) in [5.41, 5.74) is 0. The largest absolute Gasteiger partial charge is 0.481 e. The molecule has 0 unspecified atom stereocenters. The molecule has 0 saturated heterocycles. The minimum Gasteiger partial charge on any atom is -0.481 e. The molecule has 0 fully saturated rings. The van der Waals surface area contributed by atoms with Crippen LogP contribution in [-0.4, -0.2) is 36.4 Å². The fourth-order valence-corrected chi connectivity index (χ4v) is 5.31. The Bertz CT molecular complexity index is 726. The van der Waals surface area contributed by atoms with Crippen LogP contribution in [0, 0.1) is 0 Å². The number of carboxylic acid groups (broad SMARTS) is 1. The maximum absolute atomic E-state index is 11.4. The van der Waals surface area contributed by atoms with Crippen molar-refractivity contribution in [2.75, 3.05) is 13.2 Å². The van der Waals surface area contributed by atoms with E-state index >= 15 is 0 Å². The van der Waals surface area contributed by atoms with Gasteiger partial charge in [0.15, 0.2) is 0 Å². The van der Waals surface area contributed by atoms with Gasteiger partial charge < -0.3 is 14.6 Å². The Morgan fingerprint density at radius 2 is 1.04 bits per heavy atom. The van der Waals surface area contributed by atoms with Crippen LogP contribution in [-0.2, 0) is 19.1 Å². The van der Waals surface area contributed by atoms with Gasteiger partial charge in [-0.05, 0) is 70.6 Å². The van der Waals surface area contributed by atoms with E-state index in [1.807, 2.05) is 0 Å². The first-order chi connectivity index (χ1) is 22.1. The smallest absolute Gasteiger partial charge is 0.306 e. The van der Waals surface area contributed by atoms with E-state index < -0.39 is 11.9 Å². The molecule has 0 heterocycles. The molecule has 0 aromatic rings. The van der Waals surface area contributed by atoms with Crippen molar-refractivity contribution < 1.29 is 24.2 Å². The standard InChI is InChI=1S/C40H72O5/c1-3-5-7-9-10-11-12-13-14-15-16-17-20-23-26-30-36-44-38(32-28-8-6-4-2)33-29-25-22-19-18-21-24-27-31-37-45-40(43)35-34-39(41)42/h10-11,13-14,25,29,38H,3-9,12,15-24,26-28,30-37H2,1-2H3,(H,41,42)/b11-10-,14-13-,29-25-/t38-/m1/s1. The van der Waals surface area contributed by atoms with Crippen molar-refractivity contribution in [1.29, 1.82) is 0 Å². The lowest BCUT2D eigenvalue weighted by atomic mass is 10.1. The zero-order chi connectivity index (χ0) is 32.9. The highest BCUT2D eigenvalue weighted by Gasteiger charge is 2.08. The summed E-state index contributed by atoms with van der Waals surface area (Å²) in [6.45, 7) is 5.84. The lowest BCUT2D eigenvalue weighted by Gasteiger charge is -2.16. The van der Waals surface area contributed by atoms with Crippen molar-refractivity contribution in [2.24, 2.45) is 0 Å². The van der Waals surface area contributed by atoms with E-state index in [2.05, 4.69) is 50.3 Å². The van der Waals surface area contributed by atoms with Crippen LogP contribution in [0.2, 0.25) is 0 Å².